The van der Waals surface area contributed by atoms with Crippen molar-refractivity contribution in [3.63, 3.8) is 0 Å². The molecule has 11 heteroatoms. The Hall–Kier alpha value is -4.57. The molecule has 5 rings (SSSR count). The smallest absolute Gasteiger partial charge is 0.266 e. The SMILES string of the molecule is COc1cccc([C@@H]2OC(c3ccc(OCCCO)cc3)=N[C@]2(Cc2ccccc2CN=[N+]=[N-])C(=O)NNCC2CCCCC2)c1. The van der Waals surface area contributed by atoms with E-state index in [0.29, 0.717) is 48.5 Å². The molecule has 3 aromatic rings. The van der Waals surface area contributed by atoms with Crippen molar-refractivity contribution < 1.29 is 24.1 Å². The largest absolute Gasteiger partial charge is 0.497 e. The van der Waals surface area contributed by atoms with Gasteiger partial charge in [0.05, 0.1) is 20.3 Å². The van der Waals surface area contributed by atoms with E-state index in [9.17, 15) is 4.79 Å². The fourth-order valence-corrected chi connectivity index (χ4v) is 6.14. The van der Waals surface area contributed by atoms with Gasteiger partial charge in [-0.15, -0.1) is 0 Å². The van der Waals surface area contributed by atoms with Crippen LogP contribution in [0.25, 0.3) is 10.4 Å². The minimum atomic E-state index is -1.43. The van der Waals surface area contributed by atoms with E-state index in [1.165, 1.54) is 19.3 Å². The van der Waals surface area contributed by atoms with Gasteiger partial charge in [-0.25, -0.2) is 10.4 Å². The number of azide groups is 1. The third-order valence-electron chi connectivity index (χ3n) is 8.63. The van der Waals surface area contributed by atoms with E-state index in [-0.39, 0.29) is 25.5 Å². The van der Waals surface area contributed by atoms with Gasteiger partial charge in [0.25, 0.3) is 5.91 Å². The summed E-state index contributed by atoms with van der Waals surface area (Å²) >= 11 is 0. The standard InChI is InChI=1S/C35H42N6O5/c1-44-31-14-7-13-27(21-31)32-35(22-28-11-5-6-12-29(28)24-38-41-36,34(43)40-37-23-25-9-3-2-4-10-25)39-33(46-32)26-15-17-30(18-16-26)45-20-8-19-42/h5-7,11-18,21,25,32,37,42H,2-4,8-10,19-20,22-24H2,1H3,(H,40,43)/t32-,35-/m0/s1. The molecule has 0 saturated heterocycles. The predicted octanol–water partition coefficient (Wildman–Crippen LogP) is 5.97. The topological polar surface area (TPSA) is 150 Å². The summed E-state index contributed by atoms with van der Waals surface area (Å²) in [5.41, 5.74) is 16.9. The van der Waals surface area contributed by atoms with Crippen molar-refractivity contribution in [1.82, 2.24) is 10.9 Å². The van der Waals surface area contributed by atoms with Crippen LogP contribution in [0.5, 0.6) is 11.5 Å². The third kappa shape index (κ3) is 7.98. The fourth-order valence-electron chi connectivity index (χ4n) is 6.14. The molecule has 11 nitrogen and oxygen atoms in total. The molecule has 0 bridgehead atoms. The first-order chi connectivity index (χ1) is 22.6. The van der Waals surface area contributed by atoms with E-state index in [1.807, 2.05) is 72.8 Å². The average Bonchev–Trinajstić information content (AvgIpc) is 3.49. The number of nitrogens with one attached hydrogen (secondary N) is 2. The van der Waals surface area contributed by atoms with Crippen LogP contribution in [-0.2, 0) is 22.5 Å². The molecule has 3 aromatic carbocycles. The lowest BCUT2D eigenvalue weighted by Gasteiger charge is -2.32. The maximum absolute atomic E-state index is 14.5. The second-order valence-electron chi connectivity index (χ2n) is 11.7. The summed E-state index contributed by atoms with van der Waals surface area (Å²) in [6, 6.07) is 22.4. The van der Waals surface area contributed by atoms with Gasteiger partial charge in [0.1, 0.15) is 11.5 Å². The monoisotopic (exact) mass is 626 g/mol. The normalized spacial score (nSPS) is 19.4. The molecule has 0 aromatic heterocycles. The molecule has 1 aliphatic heterocycles. The van der Waals surface area contributed by atoms with Crippen LogP contribution in [0.15, 0.2) is 82.9 Å². The molecule has 0 radical (unpaired) electrons. The quantitative estimate of drug-likeness (QED) is 0.0622. The lowest BCUT2D eigenvalue weighted by atomic mass is 9.81. The first-order valence-corrected chi connectivity index (χ1v) is 15.9. The van der Waals surface area contributed by atoms with E-state index >= 15 is 0 Å². The Labute approximate surface area is 269 Å². The van der Waals surface area contributed by atoms with Crippen molar-refractivity contribution in [1.29, 1.82) is 0 Å². The summed E-state index contributed by atoms with van der Waals surface area (Å²) in [7, 11) is 1.60. The lowest BCUT2D eigenvalue weighted by molar-refractivity contribution is -0.130. The van der Waals surface area contributed by atoms with E-state index in [2.05, 4.69) is 20.9 Å². The first-order valence-electron chi connectivity index (χ1n) is 15.9. The number of ether oxygens (including phenoxy) is 3. The Kier molecular flexibility index (Phi) is 11.5. The molecular weight excluding hydrogens is 584 g/mol. The number of aliphatic imine (C=N–C) groups is 1. The Morgan fingerprint density at radius 2 is 1.85 bits per heavy atom. The molecule has 1 amide bonds. The zero-order valence-electron chi connectivity index (χ0n) is 26.2. The fraction of sp³-hybridized carbons (Fsp3) is 0.429. The number of hydrogen-bond acceptors (Lipinski definition) is 8. The first kappa shape index (κ1) is 32.8. The molecule has 2 aliphatic rings. The number of aliphatic hydroxyl groups is 1. The van der Waals surface area contributed by atoms with E-state index in [0.717, 1.165) is 29.5 Å². The van der Waals surface area contributed by atoms with E-state index < -0.39 is 11.6 Å². The summed E-state index contributed by atoms with van der Waals surface area (Å²) in [5.74, 6) is 1.79. The van der Waals surface area contributed by atoms with Gasteiger partial charge < -0.3 is 19.3 Å². The van der Waals surface area contributed by atoms with E-state index in [1.54, 1.807) is 7.11 Å². The van der Waals surface area contributed by atoms with Gasteiger partial charge in [-0.05, 0) is 77.4 Å². The van der Waals surface area contributed by atoms with Gasteiger partial charge in [0, 0.05) is 36.5 Å². The zero-order chi connectivity index (χ0) is 32.2. The highest BCUT2D eigenvalue weighted by atomic mass is 16.5. The Morgan fingerprint density at radius 1 is 1.07 bits per heavy atom. The van der Waals surface area contributed by atoms with Gasteiger partial charge in [-0.1, -0.05) is 60.8 Å². The van der Waals surface area contributed by atoms with E-state index in [4.69, 9.17) is 29.8 Å². The lowest BCUT2D eigenvalue weighted by Crippen LogP contribution is -2.54. The van der Waals surface area contributed by atoms with Crippen molar-refractivity contribution in [3.8, 4) is 11.5 Å². The van der Waals surface area contributed by atoms with Crippen molar-refractivity contribution in [2.24, 2.45) is 16.0 Å². The number of carbonyl (C=O) groups excluding carboxylic acids is 1. The van der Waals surface area contributed by atoms with Crippen LogP contribution in [0.4, 0.5) is 0 Å². The van der Waals surface area contributed by atoms with Crippen LogP contribution < -0.4 is 20.3 Å². The molecule has 2 atom stereocenters. The van der Waals surface area contributed by atoms with Crippen LogP contribution in [0, 0.1) is 5.92 Å². The van der Waals surface area contributed by atoms with Crippen LogP contribution in [0.2, 0.25) is 0 Å². The molecule has 3 N–H and O–H groups in total. The van der Waals surface area contributed by atoms with Crippen molar-refractivity contribution in [2.45, 2.75) is 63.1 Å². The molecule has 1 aliphatic carbocycles. The highest BCUT2D eigenvalue weighted by Crippen LogP contribution is 2.43. The molecule has 1 fully saturated rings. The molecule has 0 unspecified atom stereocenters. The summed E-state index contributed by atoms with van der Waals surface area (Å²) < 4.78 is 17.9. The Morgan fingerprint density at radius 3 is 2.59 bits per heavy atom. The van der Waals surface area contributed by atoms with Crippen LogP contribution in [0.1, 0.15) is 66.9 Å². The maximum atomic E-state index is 14.5. The summed E-state index contributed by atoms with van der Waals surface area (Å²) in [4.78, 5) is 22.6. The number of rotatable bonds is 15. The number of hydrazine groups is 1. The minimum Gasteiger partial charge on any atom is -0.497 e. The second-order valence-corrected chi connectivity index (χ2v) is 11.7. The number of carbonyl (C=O) groups is 1. The van der Waals surface area contributed by atoms with Crippen molar-refractivity contribution in [2.75, 3.05) is 26.9 Å². The molecule has 1 heterocycles. The zero-order valence-corrected chi connectivity index (χ0v) is 26.2. The van der Waals surface area contributed by atoms with Crippen LogP contribution in [0.3, 0.4) is 0 Å². The highest BCUT2D eigenvalue weighted by molar-refractivity contribution is 6.01. The molecule has 46 heavy (non-hydrogen) atoms. The van der Waals surface area contributed by atoms with Gasteiger partial charge in [-0.2, -0.15) is 0 Å². The summed E-state index contributed by atoms with van der Waals surface area (Å²) in [6.07, 6.45) is 5.86. The number of amides is 1. The highest BCUT2D eigenvalue weighted by Gasteiger charge is 2.53. The Balaban J connectivity index is 1.55. The van der Waals surface area contributed by atoms with Gasteiger partial charge >= 0.3 is 0 Å². The van der Waals surface area contributed by atoms with Crippen LogP contribution in [-0.4, -0.2) is 49.3 Å². The number of nitrogens with zero attached hydrogens (tertiary/aromatic N) is 4. The number of benzene rings is 3. The Bertz CT molecular complexity index is 1530. The second kappa shape index (κ2) is 16.1. The van der Waals surface area contributed by atoms with Crippen molar-refractivity contribution >= 4 is 11.8 Å². The van der Waals surface area contributed by atoms with Crippen LogP contribution >= 0.6 is 0 Å². The number of methoxy groups -OCH3 is 1. The van der Waals surface area contributed by atoms with Gasteiger partial charge in [-0.3, -0.25) is 10.2 Å². The average molecular weight is 627 g/mol. The summed E-state index contributed by atoms with van der Waals surface area (Å²) in [6.45, 7) is 1.27. The number of aliphatic hydroxyl groups excluding tert-OH is 1. The van der Waals surface area contributed by atoms with Crippen molar-refractivity contribution in [3.05, 3.63) is 105 Å². The van der Waals surface area contributed by atoms with Gasteiger partial charge in [0.15, 0.2) is 11.6 Å². The summed E-state index contributed by atoms with van der Waals surface area (Å²) in [5, 5.41) is 12.9. The maximum Gasteiger partial charge on any atom is 0.266 e. The molecule has 242 valence electrons. The predicted molar refractivity (Wildman–Crippen MR) is 175 cm³/mol. The molecule has 1 saturated carbocycles. The minimum absolute atomic E-state index is 0.0556. The molecular formula is C35H42N6O5. The third-order valence-corrected chi connectivity index (χ3v) is 8.63. The number of hydrogen-bond donors (Lipinski definition) is 3. The molecule has 0 spiro atoms. The van der Waals surface area contributed by atoms with Gasteiger partial charge in [0.2, 0.25) is 5.90 Å².